The van der Waals surface area contributed by atoms with Gasteiger partial charge in [-0.2, -0.15) is 5.10 Å². The van der Waals surface area contributed by atoms with Crippen LogP contribution in [0.5, 0.6) is 0 Å². The van der Waals surface area contributed by atoms with Crippen molar-refractivity contribution in [2.75, 3.05) is 24.6 Å². The number of nitrogens with one attached hydrogen (secondary N) is 1. The number of likely N-dealkylation sites (N-methyl/N-ethyl adjacent to an activating group) is 1. The van der Waals surface area contributed by atoms with E-state index in [1.807, 2.05) is 18.7 Å². The van der Waals surface area contributed by atoms with E-state index in [2.05, 4.69) is 16.9 Å². The first-order valence-electron chi connectivity index (χ1n) is 6.79. The van der Waals surface area contributed by atoms with Crippen LogP contribution < -0.4 is 10.6 Å². The van der Waals surface area contributed by atoms with Crippen LogP contribution in [-0.2, 0) is 11.8 Å². The molecule has 1 aromatic rings. The molecular weight excluding hydrogens is 242 g/mol. The summed E-state index contributed by atoms with van der Waals surface area (Å²) >= 11 is 0. The highest BCUT2D eigenvalue weighted by atomic mass is 16.5. The minimum absolute atomic E-state index is 0.0754. The predicted octanol–water partition coefficient (Wildman–Crippen LogP) is 1.02. The molecule has 0 aromatic carbocycles. The Kier molecular flexibility index (Phi) is 4.09. The van der Waals surface area contributed by atoms with E-state index in [1.165, 1.54) is 0 Å². The maximum absolute atomic E-state index is 7.75. The standard InChI is InChI=1S/C13H23N5O/c1-4-18(8-10-6-5-7-19-10)13-11(12(14)15)9(2)16-17(13)3/h10H,4-8H2,1-3H3,(H3,14,15). The molecule has 0 aliphatic carbocycles. The SMILES string of the molecule is CCN(CC1CCCO1)c1c(C(=N)N)c(C)nn1C. The van der Waals surface area contributed by atoms with Crippen molar-refractivity contribution in [1.29, 1.82) is 5.41 Å². The molecule has 0 bridgehead atoms. The number of anilines is 1. The molecule has 0 radical (unpaired) electrons. The lowest BCUT2D eigenvalue weighted by atomic mass is 10.2. The van der Waals surface area contributed by atoms with Crippen molar-refractivity contribution in [3.05, 3.63) is 11.3 Å². The zero-order chi connectivity index (χ0) is 14.0. The van der Waals surface area contributed by atoms with E-state index in [9.17, 15) is 0 Å². The molecule has 6 nitrogen and oxygen atoms in total. The number of nitrogens with zero attached hydrogens (tertiary/aromatic N) is 3. The summed E-state index contributed by atoms with van der Waals surface area (Å²) in [5, 5.41) is 12.1. The maximum Gasteiger partial charge on any atom is 0.137 e. The van der Waals surface area contributed by atoms with Gasteiger partial charge in [-0.25, -0.2) is 0 Å². The third kappa shape index (κ3) is 2.73. The lowest BCUT2D eigenvalue weighted by molar-refractivity contribution is 0.115. The molecule has 1 atom stereocenters. The number of rotatable bonds is 5. The summed E-state index contributed by atoms with van der Waals surface area (Å²) in [6, 6.07) is 0. The number of ether oxygens (including phenoxy) is 1. The molecule has 0 saturated carbocycles. The van der Waals surface area contributed by atoms with Gasteiger partial charge in [-0.15, -0.1) is 0 Å². The Labute approximate surface area is 114 Å². The molecule has 1 aliphatic heterocycles. The first kappa shape index (κ1) is 13.9. The number of hydrogen-bond acceptors (Lipinski definition) is 4. The van der Waals surface area contributed by atoms with E-state index in [1.54, 1.807) is 0 Å². The van der Waals surface area contributed by atoms with Crippen LogP contribution in [0.3, 0.4) is 0 Å². The number of aromatic nitrogens is 2. The van der Waals surface area contributed by atoms with Gasteiger partial charge in [0.15, 0.2) is 0 Å². The molecule has 19 heavy (non-hydrogen) atoms. The minimum Gasteiger partial charge on any atom is -0.384 e. The van der Waals surface area contributed by atoms with Gasteiger partial charge in [0, 0.05) is 26.7 Å². The van der Waals surface area contributed by atoms with E-state index >= 15 is 0 Å². The Balaban J connectivity index is 2.28. The Morgan fingerprint density at radius 1 is 1.63 bits per heavy atom. The van der Waals surface area contributed by atoms with Gasteiger partial charge < -0.3 is 15.4 Å². The van der Waals surface area contributed by atoms with Crippen molar-refractivity contribution in [3.8, 4) is 0 Å². The fourth-order valence-electron chi connectivity index (χ4n) is 2.72. The van der Waals surface area contributed by atoms with Crippen LogP contribution in [0, 0.1) is 12.3 Å². The zero-order valence-corrected chi connectivity index (χ0v) is 11.9. The van der Waals surface area contributed by atoms with Gasteiger partial charge in [0.05, 0.1) is 17.4 Å². The maximum atomic E-state index is 7.75. The monoisotopic (exact) mass is 265 g/mol. The second-order valence-corrected chi connectivity index (χ2v) is 4.99. The van der Waals surface area contributed by atoms with E-state index in [0.29, 0.717) is 0 Å². The van der Waals surface area contributed by atoms with Gasteiger partial charge in [-0.3, -0.25) is 10.1 Å². The lowest BCUT2D eigenvalue weighted by Gasteiger charge is -2.26. The van der Waals surface area contributed by atoms with Crippen LogP contribution in [0.1, 0.15) is 31.0 Å². The molecule has 3 N–H and O–H groups in total. The van der Waals surface area contributed by atoms with Gasteiger partial charge in [-0.1, -0.05) is 0 Å². The van der Waals surface area contributed by atoms with Crippen LogP contribution >= 0.6 is 0 Å². The Morgan fingerprint density at radius 2 is 2.37 bits per heavy atom. The average Bonchev–Trinajstić information content (AvgIpc) is 2.93. The van der Waals surface area contributed by atoms with E-state index in [4.69, 9.17) is 15.9 Å². The summed E-state index contributed by atoms with van der Waals surface area (Å²) in [4.78, 5) is 2.20. The predicted molar refractivity (Wildman–Crippen MR) is 75.8 cm³/mol. The van der Waals surface area contributed by atoms with Crippen molar-refractivity contribution >= 4 is 11.7 Å². The number of nitrogen functional groups attached to an aromatic ring is 1. The highest BCUT2D eigenvalue weighted by Gasteiger charge is 2.24. The first-order valence-corrected chi connectivity index (χ1v) is 6.79. The molecule has 2 rings (SSSR count). The molecule has 1 saturated heterocycles. The van der Waals surface area contributed by atoms with Gasteiger partial charge in [0.1, 0.15) is 11.7 Å². The third-order valence-corrected chi connectivity index (χ3v) is 3.59. The van der Waals surface area contributed by atoms with Crippen molar-refractivity contribution in [2.24, 2.45) is 12.8 Å². The molecule has 1 fully saturated rings. The molecule has 2 heterocycles. The molecule has 0 amide bonds. The molecule has 0 spiro atoms. The number of hydrogen-bond donors (Lipinski definition) is 2. The molecule has 6 heteroatoms. The van der Waals surface area contributed by atoms with Crippen molar-refractivity contribution in [3.63, 3.8) is 0 Å². The Hall–Kier alpha value is -1.56. The third-order valence-electron chi connectivity index (χ3n) is 3.59. The highest BCUT2D eigenvalue weighted by Crippen LogP contribution is 2.24. The Bertz CT molecular complexity index is 462. The van der Waals surface area contributed by atoms with Gasteiger partial charge >= 0.3 is 0 Å². The Morgan fingerprint density at radius 3 is 2.89 bits per heavy atom. The number of aryl methyl sites for hydroxylation is 2. The zero-order valence-electron chi connectivity index (χ0n) is 11.9. The van der Waals surface area contributed by atoms with Crippen LogP contribution in [0.25, 0.3) is 0 Å². The quantitative estimate of drug-likeness (QED) is 0.615. The van der Waals surface area contributed by atoms with Gasteiger partial charge in [-0.05, 0) is 26.7 Å². The van der Waals surface area contributed by atoms with Crippen molar-refractivity contribution < 1.29 is 4.74 Å². The smallest absolute Gasteiger partial charge is 0.137 e. The van der Waals surface area contributed by atoms with Gasteiger partial charge in [0.25, 0.3) is 0 Å². The topological polar surface area (TPSA) is 80.2 Å². The van der Waals surface area contributed by atoms with Crippen molar-refractivity contribution in [2.45, 2.75) is 32.8 Å². The van der Waals surface area contributed by atoms with Crippen LogP contribution in [-0.4, -0.2) is 41.4 Å². The summed E-state index contributed by atoms with van der Waals surface area (Å²) in [7, 11) is 1.90. The first-order chi connectivity index (χ1) is 9.04. The fraction of sp³-hybridized carbons (Fsp3) is 0.692. The van der Waals surface area contributed by atoms with E-state index in [0.717, 1.165) is 49.6 Å². The number of nitrogens with two attached hydrogens (primary N) is 1. The largest absolute Gasteiger partial charge is 0.384 e. The molecule has 1 unspecified atom stereocenters. The van der Waals surface area contributed by atoms with Gasteiger partial charge in [0.2, 0.25) is 0 Å². The molecule has 1 aliphatic rings. The lowest BCUT2D eigenvalue weighted by Crippen LogP contribution is -2.35. The normalized spacial score (nSPS) is 18.8. The van der Waals surface area contributed by atoms with E-state index in [-0.39, 0.29) is 11.9 Å². The highest BCUT2D eigenvalue weighted by molar-refractivity contribution is 6.00. The average molecular weight is 265 g/mol. The fourth-order valence-corrected chi connectivity index (χ4v) is 2.72. The second-order valence-electron chi connectivity index (χ2n) is 4.99. The summed E-state index contributed by atoms with van der Waals surface area (Å²) < 4.78 is 7.51. The summed E-state index contributed by atoms with van der Waals surface area (Å²) in [5.74, 6) is 0.995. The summed E-state index contributed by atoms with van der Waals surface area (Å²) in [5.41, 5.74) is 7.24. The van der Waals surface area contributed by atoms with Crippen LogP contribution in [0.15, 0.2) is 0 Å². The van der Waals surface area contributed by atoms with Crippen LogP contribution in [0.4, 0.5) is 5.82 Å². The molecular formula is C13H23N5O. The second kappa shape index (κ2) is 5.61. The van der Waals surface area contributed by atoms with Crippen molar-refractivity contribution in [1.82, 2.24) is 9.78 Å². The van der Waals surface area contributed by atoms with E-state index < -0.39 is 0 Å². The molecule has 1 aromatic heterocycles. The van der Waals surface area contributed by atoms with Crippen LogP contribution in [0.2, 0.25) is 0 Å². The summed E-state index contributed by atoms with van der Waals surface area (Å²) in [6.07, 6.45) is 2.50. The minimum atomic E-state index is 0.0754. The number of amidine groups is 1. The molecule has 106 valence electrons. The summed E-state index contributed by atoms with van der Waals surface area (Å²) in [6.45, 7) is 6.52.